The number of ether oxygens (including phenoxy) is 1. The lowest BCUT2D eigenvalue weighted by molar-refractivity contribution is 0.104. The molecule has 0 heterocycles. The highest BCUT2D eigenvalue weighted by Gasteiger charge is 2.22. The number of hydrogen-bond donors (Lipinski definition) is 1. The zero-order valence-corrected chi connectivity index (χ0v) is 10.9. The molecule has 1 aromatic rings. The van der Waals surface area contributed by atoms with E-state index in [2.05, 4.69) is 0 Å². The van der Waals surface area contributed by atoms with E-state index in [1.54, 1.807) is 6.92 Å². The Labute approximate surface area is 102 Å². The van der Waals surface area contributed by atoms with Crippen molar-refractivity contribution in [2.75, 3.05) is 20.7 Å². The van der Waals surface area contributed by atoms with Gasteiger partial charge in [-0.1, -0.05) is 6.07 Å². The second-order valence-corrected chi connectivity index (χ2v) is 5.87. The molecule has 1 atom stereocenters. The number of phenolic OH excluding ortho intramolecular Hbond substituents is 1. The van der Waals surface area contributed by atoms with Crippen LogP contribution in [-0.4, -0.2) is 44.6 Å². The highest BCUT2D eigenvalue weighted by molar-refractivity contribution is 7.89. The molecule has 0 aromatic heterocycles. The van der Waals surface area contributed by atoms with E-state index >= 15 is 0 Å². The maximum Gasteiger partial charge on any atom is 0.243 e. The Kier molecular flexibility index (Phi) is 4.50. The number of methoxy groups -OCH3 is 1. The Morgan fingerprint density at radius 1 is 1.47 bits per heavy atom. The molecule has 0 saturated carbocycles. The van der Waals surface area contributed by atoms with E-state index in [-0.39, 0.29) is 23.3 Å². The molecule has 1 unspecified atom stereocenters. The van der Waals surface area contributed by atoms with Crippen LogP contribution in [0.1, 0.15) is 6.92 Å². The van der Waals surface area contributed by atoms with Gasteiger partial charge in [0.15, 0.2) is 0 Å². The normalized spacial score (nSPS) is 13.9. The molecule has 0 spiro atoms. The lowest BCUT2D eigenvalue weighted by Crippen LogP contribution is -2.33. The number of likely N-dealkylation sites (N-methyl/N-ethyl adjacent to an activating group) is 1. The summed E-state index contributed by atoms with van der Waals surface area (Å²) in [4.78, 5) is 0.0725. The van der Waals surface area contributed by atoms with Crippen LogP contribution in [0.4, 0.5) is 0 Å². The van der Waals surface area contributed by atoms with Crippen LogP contribution < -0.4 is 0 Å². The summed E-state index contributed by atoms with van der Waals surface area (Å²) in [6, 6.07) is 5.60. The summed E-state index contributed by atoms with van der Waals surface area (Å²) in [6.07, 6.45) is -0.188. The van der Waals surface area contributed by atoms with E-state index in [1.807, 2.05) is 0 Å². The fourth-order valence-electron chi connectivity index (χ4n) is 1.36. The van der Waals surface area contributed by atoms with Crippen LogP contribution in [-0.2, 0) is 14.8 Å². The van der Waals surface area contributed by atoms with Gasteiger partial charge in [-0.05, 0) is 25.1 Å². The van der Waals surface area contributed by atoms with Gasteiger partial charge in [0.1, 0.15) is 5.75 Å². The fourth-order valence-corrected chi connectivity index (χ4v) is 2.64. The molecule has 1 rings (SSSR count). The number of rotatable bonds is 5. The average Bonchev–Trinajstić information content (AvgIpc) is 2.28. The second-order valence-electron chi connectivity index (χ2n) is 3.83. The predicted octanol–water partition coefficient (Wildman–Crippen LogP) is 1.05. The summed E-state index contributed by atoms with van der Waals surface area (Å²) in [5.41, 5.74) is 0. The molecule has 0 amide bonds. The first kappa shape index (κ1) is 14.0. The molecular weight excluding hydrogens is 242 g/mol. The van der Waals surface area contributed by atoms with Gasteiger partial charge in [-0.25, -0.2) is 8.42 Å². The van der Waals surface area contributed by atoms with Crippen molar-refractivity contribution < 1.29 is 18.3 Å². The predicted molar refractivity (Wildman–Crippen MR) is 64.4 cm³/mol. The van der Waals surface area contributed by atoms with Crippen molar-refractivity contribution in [3.05, 3.63) is 24.3 Å². The second kappa shape index (κ2) is 5.48. The lowest BCUT2D eigenvalue weighted by atomic mass is 10.3. The van der Waals surface area contributed by atoms with Gasteiger partial charge < -0.3 is 9.84 Å². The molecule has 96 valence electrons. The monoisotopic (exact) mass is 259 g/mol. The molecule has 0 radical (unpaired) electrons. The molecule has 5 nitrogen and oxygen atoms in total. The van der Waals surface area contributed by atoms with Crippen molar-refractivity contribution in [2.24, 2.45) is 0 Å². The molecule has 1 N–H and O–H groups in total. The molecule has 1 aromatic carbocycles. The highest BCUT2D eigenvalue weighted by Crippen LogP contribution is 2.19. The van der Waals surface area contributed by atoms with Gasteiger partial charge in [-0.15, -0.1) is 0 Å². The Bertz CT molecular complexity index is 472. The molecule has 6 heteroatoms. The summed E-state index contributed by atoms with van der Waals surface area (Å²) in [6.45, 7) is 2.04. The molecule has 0 aliphatic heterocycles. The smallest absolute Gasteiger partial charge is 0.243 e. The zero-order valence-electron chi connectivity index (χ0n) is 10.1. The Balaban J connectivity index is 2.95. The first-order valence-electron chi connectivity index (χ1n) is 5.16. The van der Waals surface area contributed by atoms with Crippen molar-refractivity contribution in [3.63, 3.8) is 0 Å². The lowest BCUT2D eigenvalue weighted by Gasteiger charge is -2.20. The van der Waals surface area contributed by atoms with Crippen molar-refractivity contribution in [1.29, 1.82) is 0 Å². The number of phenols is 1. The quantitative estimate of drug-likeness (QED) is 0.858. The number of sulfonamides is 1. The van der Waals surface area contributed by atoms with Gasteiger partial charge >= 0.3 is 0 Å². The van der Waals surface area contributed by atoms with E-state index in [0.717, 1.165) is 0 Å². The third-order valence-electron chi connectivity index (χ3n) is 2.44. The Morgan fingerprint density at radius 2 is 2.12 bits per heavy atom. The fraction of sp³-hybridized carbons (Fsp3) is 0.455. The zero-order chi connectivity index (χ0) is 13.1. The first-order chi connectivity index (χ1) is 7.87. The van der Waals surface area contributed by atoms with Crippen molar-refractivity contribution in [2.45, 2.75) is 17.9 Å². The first-order valence-corrected chi connectivity index (χ1v) is 6.60. The maximum atomic E-state index is 12.1. The SMILES string of the molecule is COC(C)CN(C)S(=O)(=O)c1cccc(O)c1. The van der Waals surface area contributed by atoms with Gasteiger partial charge in [0.05, 0.1) is 11.0 Å². The molecule has 0 saturated heterocycles. The van der Waals surface area contributed by atoms with Gasteiger partial charge in [-0.2, -0.15) is 4.31 Å². The van der Waals surface area contributed by atoms with Crippen LogP contribution >= 0.6 is 0 Å². The van der Waals surface area contributed by atoms with Gasteiger partial charge in [0.2, 0.25) is 10.0 Å². The largest absolute Gasteiger partial charge is 0.508 e. The van der Waals surface area contributed by atoms with Crippen LogP contribution in [0.25, 0.3) is 0 Å². The van der Waals surface area contributed by atoms with Crippen LogP contribution in [0.15, 0.2) is 29.2 Å². The van der Waals surface area contributed by atoms with Gasteiger partial charge in [0.25, 0.3) is 0 Å². The minimum atomic E-state index is -3.57. The highest BCUT2D eigenvalue weighted by atomic mass is 32.2. The Hall–Kier alpha value is -1.11. The van der Waals surface area contributed by atoms with Crippen molar-refractivity contribution in [3.8, 4) is 5.75 Å². The third-order valence-corrected chi connectivity index (χ3v) is 4.26. The number of aromatic hydroxyl groups is 1. The third kappa shape index (κ3) is 3.42. The van der Waals surface area contributed by atoms with Crippen LogP contribution in [0, 0.1) is 0 Å². The minimum absolute atomic E-state index is 0.0701. The van der Waals surface area contributed by atoms with E-state index in [0.29, 0.717) is 0 Å². The molecule has 17 heavy (non-hydrogen) atoms. The van der Waals surface area contributed by atoms with Crippen molar-refractivity contribution >= 4 is 10.0 Å². The summed E-state index contributed by atoms with van der Waals surface area (Å²) >= 11 is 0. The van der Waals surface area contributed by atoms with E-state index in [9.17, 15) is 13.5 Å². The summed E-state index contributed by atoms with van der Waals surface area (Å²) in [7, 11) is -0.565. The number of nitrogens with zero attached hydrogens (tertiary/aromatic N) is 1. The average molecular weight is 259 g/mol. The minimum Gasteiger partial charge on any atom is -0.508 e. The summed E-state index contributed by atoms with van der Waals surface area (Å²) in [5.74, 6) is -0.0701. The van der Waals surface area contributed by atoms with Crippen LogP contribution in [0.3, 0.4) is 0 Å². The van der Waals surface area contributed by atoms with Crippen molar-refractivity contribution in [1.82, 2.24) is 4.31 Å². The maximum absolute atomic E-state index is 12.1. The van der Waals surface area contributed by atoms with Crippen LogP contribution in [0.2, 0.25) is 0 Å². The number of hydrogen-bond acceptors (Lipinski definition) is 4. The van der Waals surface area contributed by atoms with Crippen LogP contribution in [0.5, 0.6) is 5.75 Å². The van der Waals surface area contributed by atoms with E-state index in [4.69, 9.17) is 4.74 Å². The Morgan fingerprint density at radius 3 is 2.65 bits per heavy atom. The van der Waals surface area contributed by atoms with Gasteiger partial charge in [0, 0.05) is 20.7 Å². The molecule has 0 bridgehead atoms. The van der Waals surface area contributed by atoms with Gasteiger partial charge in [-0.3, -0.25) is 0 Å². The van der Waals surface area contributed by atoms with E-state index in [1.165, 1.54) is 42.7 Å². The molecule has 0 aliphatic rings. The van der Waals surface area contributed by atoms with E-state index < -0.39 is 10.0 Å². The molecule has 0 aliphatic carbocycles. The standard InChI is InChI=1S/C11H17NO4S/c1-9(16-3)8-12(2)17(14,15)11-6-4-5-10(13)7-11/h4-7,9,13H,8H2,1-3H3. The number of benzene rings is 1. The molecular formula is C11H17NO4S. The molecule has 0 fully saturated rings. The summed E-state index contributed by atoms with van der Waals surface area (Å²) in [5, 5.41) is 9.28. The summed E-state index contributed by atoms with van der Waals surface area (Å²) < 4.78 is 30.4. The topological polar surface area (TPSA) is 66.8 Å².